The van der Waals surface area contributed by atoms with Gasteiger partial charge in [0.25, 0.3) is 0 Å². The van der Waals surface area contributed by atoms with E-state index in [1.54, 1.807) is 24.8 Å². The lowest BCUT2D eigenvalue weighted by molar-refractivity contribution is 0.451. The van der Waals surface area contributed by atoms with Crippen LogP contribution in [-0.2, 0) is 0 Å². The van der Waals surface area contributed by atoms with Gasteiger partial charge in [-0.2, -0.15) is 0 Å². The first-order valence-electron chi connectivity index (χ1n) is 11.6. The number of benzene rings is 3. The van der Waals surface area contributed by atoms with Crippen molar-refractivity contribution in [2.45, 2.75) is 0 Å². The van der Waals surface area contributed by atoms with Crippen LogP contribution in [0.1, 0.15) is 22.3 Å². The standard InChI is InChI=1S/2C13H11N.C6H4Cl2O2/c2*1-2-4-12(5-3-1)6-7-13-8-10-14-11-9-13;7-3-1-4(8)6(10)2-5(3)9/h2*1-11H;1-2,9-10H/b2*7-6+;. The number of hydrogen-bond acceptors (Lipinski definition) is 4. The highest BCUT2D eigenvalue weighted by molar-refractivity contribution is 6.36. The molecule has 0 amide bonds. The predicted octanol–water partition coefficient (Wildman–Crippen LogP) is 8.91. The smallest absolute Gasteiger partial charge is 0.137 e. The number of halogens is 2. The second kappa shape index (κ2) is 15.7. The van der Waals surface area contributed by atoms with Gasteiger partial charge in [0, 0.05) is 30.9 Å². The van der Waals surface area contributed by atoms with Gasteiger partial charge in [-0.05, 0) is 52.6 Å². The van der Waals surface area contributed by atoms with Crippen molar-refractivity contribution in [2.75, 3.05) is 0 Å². The zero-order valence-corrected chi connectivity index (χ0v) is 21.9. The number of aromatic hydroxyl groups is 2. The molecule has 3 aromatic carbocycles. The van der Waals surface area contributed by atoms with Crippen molar-refractivity contribution >= 4 is 47.5 Å². The summed E-state index contributed by atoms with van der Waals surface area (Å²) in [7, 11) is 0. The fourth-order valence-corrected chi connectivity index (χ4v) is 3.37. The number of aromatic nitrogens is 2. The van der Waals surface area contributed by atoms with E-state index in [4.69, 9.17) is 33.4 Å². The molecule has 0 saturated heterocycles. The Morgan fingerprint density at radius 2 is 0.763 bits per heavy atom. The molecule has 0 spiro atoms. The first kappa shape index (κ1) is 28.2. The number of pyridine rings is 2. The normalized spacial score (nSPS) is 10.4. The SMILES string of the molecule is C(=C\c1ccncc1)/c1ccccc1.C(=C\c1ccncc1)/c1ccccc1.Oc1cc(O)c(Cl)cc1Cl. The Bertz CT molecular complexity index is 1210. The third-order valence-corrected chi connectivity index (χ3v) is 5.57. The zero-order valence-electron chi connectivity index (χ0n) is 20.4. The molecule has 4 nitrogen and oxygen atoms in total. The van der Waals surface area contributed by atoms with Gasteiger partial charge < -0.3 is 10.2 Å². The molecular formula is C32H26Cl2N2O2. The number of phenolic OH excluding ortho intramolecular Hbond substituents is 2. The van der Waals surface area contributed by atoms with Crippen molar-refractivity contribution < 1.29 is 10.2 Å². The van der Waals surface area contributed by atoms with Crippen LogP contribution in [0.4, 0.5) is 0 Å². The van der Waals surface area contributed by atoms with Gasteiger partial charge in [0.2, 0.25) is 0 Å². The van der Waals surface area contributed by atoms with E-state index < -0.39 is 0 Å². The molecule has 5 aromatic rings. The molecule has 0 fully saturated rings. The molecule has 0 saturated carbocycles. The van der Waals surface area contributed by atoms with Crippen molar-refractivity contribution in [3.63, 3.8) is 0 Å². The van der Waals surface area contributed by atoms with Crippen molar-refractivity contribution in [2.24, 2.45) is 0 Å². The monoisotopic (exact) mass is 540 g/mol. The lowest BCUT2D eigenvalue weighted by atomic mass is 10.2. The fourth-order valence-electron chi connectivity index (χ4n) is 2.99. The quantitative estimate of drug-likeness (QED) is 0.238. The van der Waals surface area contributed by atoms with Gasteiger partial charge in [0.15, 0.2) is 0 Å². The van der Waals surface area contributed by atoms with Gasteiger partial charge in [0.05, 0.1) is 10.0 Å². The minimum Gasteiger partial charge on any atom is -0.506 e. The summed E-state index contributed by atoms with van der Waals surface area (Å²) in [6.45, 7) is 0. The third kappa shape index (κ3) is 10.3. The van der Waals surface area contributed by atoms with Crippen LogP contribution in [-0.4, -0.2) is 20.2 Å². The molecule has 2 heterocycles. The summed E-state index contributed by atoms with van der Waals surface area (Å²) < 4.78 is 0. The summed E-state index contributed by atoms with van der Waals surface area (Å²) in [4.78, 5) is 7.93. The molecule has 0 unspecified atom stereocenters. The first-order valence-corrected chi connectivity index (χ1v) is 12.4. The lowest BCUT2D eigenvalue weighted by Gasteiger charge is -1.98. The molecule has 0 bridgehead atoms. The van der Waals surface area contributed by atoms with E-state index in [-0.39, 0.29) is 21.5 Å². The van der Waals surface area contributed by atoms with Gasteiger partial charge in [0.1, 0.15) is 11.5 Å². The van der Waals surface area contributed by atoms with Gasteiger partial charge in [-0.3, -0.25) is 9.97 Å². The van der Waals surface area contributed by atoms with Crippen molar-refractivity contribution in [3.05, 3.63) is 154 Å². The van der Waals surface area contributed by atoms with Crippen LogP contribution in [0, 0.1) is 0 Å². The fraction of sp³-hybridized carbons (Fsp3) is 0. The minimum atomic E-state index is -0.177. The highest BCUT2D eigenvalue weighted by Gasteiger charge is 2.03. The third-order valence-electron chi connectivity index (χ3n) is 4.96. The van der Waals surface area contributed by atoms with E-state index >= 15 is 0 Å². The predicted molar refractivity (Wildman–Crippen MR) is 159 cm³/mol. The van der Waals surface area contributed by atoms with Crippen LogP contribution >= 0.6 is 23.2 Å². The second-order valence-corrected chi connectivity index (χ2v) is 8.62. The number of hydrogen-bond donors (Lipinski definition) is 2. The molecule has 0 aliphatic heterocycles. The van der Waals surface area contributed by atoms with Crippen LogP contribution in [0.2, 0.25) is 10.0 Å². The summed E-state index contributed by atoms with van der Waals surface area (Å²) in [6, 6.07) is 30.8. The molecule has 0 atom stereocenters. The average molecular weight is 541 g/mol. The highest BCUT2D eigenvalue weighted by atomic mass is 35.5. The van der Waals surface area contributed by atoms with E-state index in [9.17, 15) is 0 Å². The topological polar surface area (TPSA) is 66.2 Å². The number of phenols is 2. The van der Waals surface area contributed by atoms with E-state index in [1.165, 1.54) is 28.3 Å². The molecule has 0 aliphatic rings. The van der Waals surface area contributed by atoms with Crippen LogP contribution < -0.4 is 0 Å². The molecule has 38 heavy (non-hydrogen) atoms. The summed E-state index contributed by atoms with van der Waals surface area (Å²) >= 11 is 10.9. The number of rotatable bonds is 4. The van der Waals surface area contributed by atoms with E-state index in [1.807, 2.05) is 60.7 Å². The Labute approximate surface area is 232 Å². The summed E-state index contributed by atoms with van der Waals surface area (Å²) in [5, 5.41) is 18.0. The Morgan fingerprint density at radius 3 is 1.08 bits per heavy atom. The summed E-state index contributed by atoms with van der Waals surface area (Å²) in [5.74, 6) is -0.355. The largest absolute Gasteiger partial charge is 0.506 e. The Hall–Kier alpha value is -4.38. The first-order chi connectivity index (χ1) is 18.5. The maximum absolute atomic E-state index is 8.87. The molecule has 0 aliphatic carbocycles. The highest BCUT2D eigenvalue weighted by Crippen LogP contribution is 2.33. The Kier molecular flexibility index (Phi) is 11.6. The maximum Gasteiger partial charge on any atom is 0.137 e. The van der Waals surface area contributed by atoms with E-state index in [0.717, 1.165) is 6.07 Å². The van der Waals surface area contributed by atoms with Crippen molar-refractivity contribution in [1.29, 1.82) is 0 Å². The summed E-state index contributed by atoms with van der Waals surface area (Å²) in [6.07, 6.45) is 15.5. The lowest BCUT2D eigenvalue weighted by Crippen LogP contribution is -1.73. The van der Waals surface area contributed by atoms with Crippen molar-refractivity contribution in [1.82, 2.24) is 9.97 Å². The Morgan fingerprint density at radius 1 is 0.447 bits per heavy atom. The van der Waals surface area contributed by atoms with Crippen LogP contribution in [0.25, 0.3) is 24.3 Å². The van der Waals surface area contributed by atoms with E-state index in [2.05, 4.69) is 58.5 Å². The van der Waals surface area contributed by atoms with Gasteiger partial charge in [-0.1, -0.05) is 108 Å². The van der Waals surface area contributed by atoms with E-state index in [0.29, 0.717) is 0 Å². The zero-order chi connectivity index (χ0) is 27.0. The molecule has 0 radical (unpaired) electrons. The average Bonchev–Trinajstić information content (AvgIpc) is 2.97. The Balaban J connectivity index is 0.000000161. The van der Waals surface area contributed by atoms with Gasteiger partial charge in [-0.15, -0.1) is 0 Å². The molecule has 190 valence electrons. The maximum atomic E-state index is 8.87. The van der Waals surface area contributed by atoms with Gasteiger partial charge >= 0.3 is 0 Å². The second-order valence-electron chi connectivity index (χ2n) is 7.80. The minimum absolute atomic E-state index is 0.128. The number of nitrogens with zero attached hydrogens (tertiary/aromatic N) is 2. The van der Waals surface area contributed by atoms with Crippen LogP contribution in [0.5, 0.6) is 11.5 Å². The molecule has 2 N–H and O–H groups in total. The molecule has 5 rings (SSSR count). The van der Waals surface area contributed by atoms with Gasteiger partial charge in [-0.25, -0.2) is 0 Å². The molecule has 6 heteroatoms. The van der Waals surface area contributed by atoms with Crippen molar-refractivity contribution in [3.8, 4) is 11.5 Å². The summed E-state index contributed by atoms with van der Waals surface area (Å²) in [5.41, 5.74) is 4.77. The molecule has 2 aromatic heterocycles. The van der Waals surface area contributed by atoms with Crippen LogP contribution in [0.3, 0.4) is 0 Å². The van der Waals surface area contributed by atoms with Crippen LogP contribution in [0.15, 0.2) is 122 Å². The molecular weight excluding hydrogens is 515 g/mol.